The van der Waals surface area contributed by atoms with E-state index in [4.69, 9.17) is 0 Å². The van der Waals surface area contributed by atoms with Gasteiger partial charge in [0.15, 0.2) is 0 Å². The van der Waals surface area contributed by atoms with Crippen LogP contribution in [0, 0.1) is 0 Å². The first kappa shape index (κ1) is 10.7. The Morgan fingerprint density at radius 2 is 2.08 bits per heavy atom. The van der Waals surface area contributed by atoms with Gasteiger partial charge in [-0.2, -0.15) is 0 Å². The zero-order valence-corrected chi connectivity index (χ0v) is 10.1. The van der Waals surface area contributed by atoms with Crippen molar-refractivity contribution in [1.82, 2.24) is 0 Å². The maximum absolute atomic E-state index is 2.73. The monoisotopic (exact) mass is 261 g/mol. The van der Waals surface area contributed by atoms with E-state index >= 15 is 0 Å². The van der Waals surface area contributed by atoms with Crippen LogP contribution in [0.4, 0.5) is 0 Å². The van der Waals surface area contributed by atoms with Crippen LogP contribution in [-0.4, -0.2) is 0 Å². The van der Waals surface area contributed by atoms with Gasteiger partial charge in [-0.15, -0.1) is 0 Å². The fourth-order valence-electron chi connectivity index (χ4n) is 1.35. The van der Waals surface area contributed by atoms with Gasteiger partial charge < -0.3 is 0 Å². The topological polar surface area (TPSA) is 0 Å². The predicted molar refractivity (Wildman–Crippen MR) is 54.0 cm³/mol. The van der Waals surface area contributed by atoms with Crippen molar-refractivity contribution >= 4 is 0 Å². The molecule has 0 bridgehead atoms. The van der Waals surface area contributed by atoms with Crippen LogP contribution in [-0.2, 0) is 18.3 Å². The van der Waals surface area contributed by atoms with Crippen LogP contribution >= 0.6 is 0 Å². The standard InChI is InChI=1S/C12H15.Ru/c1-10(2)8-11(3)9-12-6-4-5-7-12;/h4-6,8H,7H2,1-3H3;. The summed E-state index contributed by atoms with van der Waals surface area (Å²) in [4.78, 5) is 0. The van der Waals surface area contributed by atoms with Gasteiger partial charge in [0, 0.05) is 0 Å². The van der Waals surface area contributed by atoms with Gasteiger partial charge in [-0.05, 0) is 0 Å². The summed E-state index contributed by atoms with van der Waals surface area (Å²) in [6, 6.07) is 0. The van der Waals surface area contributed by atoms with Crippen molar-refractivity contribution in [3.8, 4) is 0 Å². The summed E-state index contributed by atoms with van der Waals surface area (Å²) in [5.41, 5.74) is 4.13. The summed E-state index contributed by atoms with van der Waals surface area (Å²) in [6.45, 7) is 6.42. The molecule has 0 atom stereocenters. The molecule has 0 unspecified atom stereocenters. The van der Waals surface area contributed by atoms with Gasteiger partial charge in [-0.1, -0.05) is 0 Å². The van der Waals surface area contributed by atoms with Crippen LogP contribution in [0.5, 0.6) is 0 Å². The molecule has 0 amide bonds. The Bertz CT molecular complexity index is 310. The summed E-state index contributed by atoms with van der Waals surface area (Å²) >= 11 is 2.73. The SMILES string of the molecule is CC(C)=CC(C)=[C]([Ru])C1=CC=CC1. The van der Waals surface area contributed by atoms with Crippen LogP contribution in [0.3, 0.4) is 0 Å². The minimum atomic E-state index is 1.08. The van der Waals surface area contributed by atoms with Crippen molar-refractivity contribution in [2.45, 2.75) is 27.2 Å². The summed E-state index contributed by atoms with van der Waals surface area (Å²) in [5.74, 6) is 0. The number of allylic oxidation sites excluding steroid dienone is 8. The molecule has 0 fully saturated rings. The molecule has 1 heteroatoms. The molecule has 0 nitrogen and oxygen atoms in total. The normalized spacial score (nSPS) is 16.8. The Kier molecular flexibility index (Phi) is 3.87. The van der Waals surface area contributed by atoms with Crippen molar-refractivity contribution < 1.29 is 18.3 Å². The minimum absolute atomic E-state index is 1.08. The Morgan fingerprint density at radius 1 is 1.38 bits per heavy atom. The van der Waals surface area contributed by atoms with Crippen molar-refractivity contribution in [1.29, 1.82) is 0 Å². The number of rotatable bonds is 2. The van der Waals surface area contributed by atoms with Crippen LogP contribution in [0.15, 0.2) is 45.2 Å². The second kappa shape index (κ2) is 4.72. The first-order chi connectivity index (χ1) is 6.11. The van der Waals surface area contributed by atoms with Gasteiger partial charge in [-0.3, -0.25) is 0 Å². The molecule has 0 saturated carbocycles. The average molecular weight is 260 g/mol. The quantitative estimate of drug-likeness (QED) is 0.525. The van der Waals surface area contributed by atoms with E-state index in [1.165, 1.54) is 20.9 Å². The third-order valence-electron chi connectivity index (χ3n) is 1.89. The predicted octanol–water partition coefficient (Wildman–Crippen LogP) is 3.66. The Hall–Kier alpha value is -0.417. The summed E-state index contributed by atoms with van der Waals surface area (Å²) in [7, 11) is 0. The molecule has 0 saturated heterocycles. The van der Waals surface area contributed by atoms with Crippen molar-refractivity contribution in [2.24, 2.45) is 0 Å². The van der Waals surface area contributed by atoms with Gasteiger partial charge in [0.05, 0.1) is 0 Å². The van der Waals surface area contributed by atoms with E-state index in [1.807, 2.05) is 0 Å². The van der Waals surface area contributed by atoms with Gasteiger partial charge in [-0.25, -0.2) is 0 Å². The molecule has 0 aliphatic heterocycles. The maximum atomic E-state index is 2.73. The Morgan fingerprint density at radius 3 is 2.54 bits per heavy atom. The second-order valence-corrected chi connectivity index (χ2v) is 4.40. The molecule has 0 N–H and O–H groups in total. The fourth-order valence-corrected chi connectivity index (χ4v) is 1.80. The number of hydrogen-bond acceptors (Lipinski definition) is 0. The first-order valence-corrected chi connectivity index (χ1v) is 5.34. The van der Waals surface area contributed by atoms with E-state index in [2.05, 4.69) is 63.4 Å². The molecule has 0 radical (unpaired) electrons. The molecule has 1 aliphatic carbocycles. The Labute approximate surface area is 90.8 Å². The summed E-state index contributed by atoms with van der Waals surface area (Å²) < 4.78 is 1.35. The Balaban J connectivity index is 2.86. The average Bonchev–Trinajstić information content (AvgIpc) is 2.53. The molecular weight excluding hydrogens is 245 g/mol. The van der Waals surface area contributed by atoms with Crippen LogP contribution < -0.4 is 0 Å². The summed E-state index contributed by atoms with van der Waals surface area (Å²) in [5, 5.41) is 0. The second-order valence-electron chi connectivity index (χ2n) is 3.53. The molecule has 0 spiro atoms. The van der Waals surface area contributed by atoms with Crippen LogP contribution in [0.2, 0.25) is 0 Å². The summed E-state index contributed by atoms with van der Waals surface area (Å²) in [6.07, 6.45) is 9.81. The van der Waals surface area contributed by atoms with E-state index in [0.717, 1.165) is 6.42 Å². The van der Waals surface area contributed by atoms with Crippen molar-refractivity contribution in [3.05, 3.63) is 45.2 Å². The van der Waals surface area contributed by atoms with E-state index in [-0.39, 0.29) is 0 Å². The molecule has 1 rings (SSSR count). The first-order valence-electron chi connectivity index (χ1n) is 4.47. The van der Waals surface area contributed by atoms with E-state index in [0.29, 0.717) is 0 Å². The molecule has 0 aromatic rings. The van der Waals surface area contributed by atoms with Gasteiger partial charge in [0.25, 0.3) is 0 Å². The zero-order valence-electron chi connectivity index (χ0n) is 8.37. The van der Waals surface area contributed by atoms with E-state index < -0.39 is 0 Å². The van der Waals surface area contributed by atoms with Crippen LogP contribution in [0.1, 0.15) is 27.2 Å². The molecule has 71 valence electrons. The van der Waals surface area contributed by atoms with Gasteiger partial charge >= 0.3 is 90.7 Å². The third kappa shape index (κ3) is 3.08. The van der Waals surface area contributed by atoms with Crippen molar-refractivity contribution in [2.75, 3.05) is 0 Å². The van der Waals surface area contributed by atoms with E-state index in [1.54, 1.807) is 0 Å². The zero-order chi connectivity index (χ0) is 9.84. The third-order valence-corrected chi connectivity index (χ3v) is 3.13. The molecule has 0 aromatic heterocycles. The molecule has 13 heavy (non-hydrogen) atoms. The van der Waals surface area contributed by atoms with Crippen LogP contribution in [0.25, 0.3) is 0 Å². The van der Waals surface area contributed by atoms with E-state index in [9.17, 15) is 0 Å². The number of hydrogen-bond donors (Lipinski definition) is 0. The van der Waals surface area contributed by atoms with Gasteiger partial charge in [0.2, 0.25) is 0 Å². The van der Waals surface area contributed by atoms with Gasteiger partial charge in [0.1, 0.15) is 0 Å². The molecule has 1 aliphatic rings. The molecular formula is C12H15Ru. The fraction of sp³-hybridized carbons (Fsp3) is 0.333. The van der Waals surface area contributed by atoms with Crippen molar-refractivity contribution in [3.63, 3.8) is 0 Å². The molecule has 0 heterocycles. The molecule has 0 aromatic carbocycles.